The van der Waals surface area contributed by atoms with Crippen molar-refractivity contribution in [1.29, 1.82) is 0 Å². The van der Waals surface area contributed by atoms with Gasteiger partial charge < -0.3 is 10.6 Å². The second kappa shape index (κ2) is 7.33. The molecule has 1 heterocycles. The van der Waals surface area contributed by atoms with E-state index in [1.165, 1.54) is 12.5 Å². The van der Waals surface area contributed by atoms with Gasteiger partial charge in [-0.3, -0.25) is 4.79 Å². The van der Waals surface area contributed by atoms with Gasteiger partial charge in [-0.05, 0) is 37.1 Å². The Labute approximate surface area is 138 Å². The summed E-state index contributed by atoms with van der Waals surface area (Å²) in [5.74, 6) is -1.08. The summed E-state index contributed by atoms with van der Waals surface area (Å²) in [4.78, 5) is 12.1. The number of carbonyl (C=O) groups is 1. The summed E-state index contributed by atoms with van der Waals surface area (Å²) >= 11 is 0. The molecule has 0 spiro atoms. The summed E-state index contributed by atoms with van der Waals surface area (Å²) in [6.45, 7) is 0. The van der Waals surface area contributed by atoms with Crippen LogP contribution in [0.25, 0.3) is 0 Å². The van der Waals surface area contributed by atoms with Gasteiger partial charge in [-0.25, -0.2) is 8.78 Å². The number of hydrogen-bond donors (Lipinski definition) is 2. The van der Waals surface area contributed by atoms with Gasteiger partial charge in [0.05, 0.1) is 0 Å². The third kappa shape index (κ3) is 4.04. The van der Waals surface area contributed by atoms with Crippen LogP contribution in [0, 0.1) is 17.6 Å². The molecule has 2 aromatic rings. The predicted molar refractivity (Wildman–Crippen MR) is 86.9 cm³/mol. The Kier molecular flexibility index (Phi) is 4.98. The van der Waals surface area contributed by atoms with Crippen LogP contribution in [-0.2, 0) is 4.79 Å². The number of nitrogens with one attached hydrogen (secondary N) is 2. The molecule has 126 valence electrons. The minimum Gasteiger partial charge on any atom is -0.339 e. The van der Waals surface area contributed by atoms with Crippen molar-refractivity contribution in [1.82, 2.24) is 10.2 Å². The van der Waals surface area contributed by atoms with Gasteiger partial charge in [-0.1, -0.05) is 19.3 Å². The molecule has 2 N–H and O–H groups in total. The van der Waals surface area contributed by atoms with Crippen LogP contribution in [0.4, 0.5) is 26.1 Å². The average molecular weight is 332 g/mol. The quantitative estimate of drug-likeness (QED) is 0.887. The van der Waals surface area contributed by atoms with E-state index in [2.05, 4.69) is 20.8 Å². The highest BCUT2D eigenvalue weighted by Gasteiger charge is 2.21. The number of anilines is 3. The third-order valence-corrected chi connectivity index (χ3v) is 4.08. The van der Waals surface area contributed by atoms with Crippen LogP contribution < -0.4 is 10.6 Å². The zero-order valence-electron chi connectivity index (χ0n) is 13.1. The third-order valence-electron chi connectivity index (χ3n) is 4.08. The smallest absolute Gasteiger partial charge is 0.228 e. The van der Waals surface area contributed by atoms with Crippen LogP contribution in [0.1, 0.15) is 32.1 Å². The van der Waals surface area contributed by atoms with E-state index in [0.29, 0.717) is 17.3 Å². The maximum Gasteiger partial charge on any atom is 0.228 e. The fourth-order valence-corrected chi connectivity index (χ4v) is 2.78. The molecule has 3 rings (SSSR count). The van der Waals surface area contributed by atoms with Gasteiger partial charge in [0.1, 0.15) is 0 Å². The zero-order chi connectivity index (χ0) is 16.9. The monoisotopic (exact) mass is 332 g/mol. The van der Waals surface area contributed by atoms with Gasteiger partial charge >= 0.3 is 0 Å². The highest BCUT2D eigenvalue weighted by Crippen LogP contribution is 2.25. The van der Waals surface area contributed by atoms with Gasteiger partial charge in [0.15, 0.2) is 23.3 Å². The number of nitrogens with zero attached hydrogens (tertiary/aromatic N) is 2. The van der Waals surface area contributed by atoms with Gasteiger partial charge in [-0.2, -0.15) is 0 Å². The number of carbonyl (C=O) groups excluding carboxylic acids is 1. The highest BCUT2D eigenvalue weighted by molar-refractivity contribution is 5.91. The second-order valence-corrected chi connectivity index (χ2v) is 5.88. The Morgan fingerprint density at radius 1 is 0.958 bits per heavy atom. The molecule has 0 atom stereocenters. The number of amides is 1. The molecule has 0 unspecified atom stereocenters. The lowest BCUT2D eigenvalue weighted by Crippen LogP contribution is -2.25. The molecule has 1 fully saturated rings. The van der Waals surface area contributed by atoms with E-state index in [-0.39, 0.29) is 11.8 Å². The molecule has 7 heteroatoms. The number of rotatable bonds is 4. The van der Waals surface area contributed by atoms with Crippen molar-refractivity contribution in [2.75, 3.05) is 10.6 Å². The fourth-order valence-electron chi connectivity index (χ4n) is 2.78. The van der Waals surface area contributed by atoms with Crippen LogP contribution in [0.2, 0.25) is 0 Å². The van der Waals surface area contributed by atoms with Crippen LogP contribution >= 0.6 is 0 Å². The first-order valence-electron chi connectivity index (χ1n) is 7.98. The van der Waals surface area contributed by atoms with E-state index in [1.54, 1.807) is 12.1 Å². The maximum atomic E-state index is 13.2. The van der Waals surface area contributed by atoms with E-state index in [1.807, 2.05) is 0 Å². The van der Waals surface area contributed by atoms with Crippen molar-refractivity contribution in [3.8, 4) is 0 Å². The Morgan fingerprint density at radius 2 is 1.67 bits per heavy atom. The Balaban J connectivity index is 1.60. The minimum absolute atomic E-state index is 0.0229. The van der Waals surface area contributed by atoms with Crippen molar-refractivity contribution >= 4 is 23.2 Å². The summed E-state index contributed by atoms with van der Waals surface area (Å²) in [6.07, 6.45) is 5.18. The molecule has 1 amide bonds. The van der Waals surface area contributed by atoms with E-state index in [9.17, 15) is 13.6 Å². The van der Waals surface area contributed by atoms with Crippen LogP contribution in [0.3, 0.4) is 0 Å². The first-order chi connectivity index (χ1) is 11.6. The van der Waals surface area contributed by atoms with Crippen LogP contribution in [0.15, 0.2) is 30.3 Å². The van der Waals surface area contributed by atoms with Gasteiger partial charge in [0.2, 0.25) is 5.91 Å². The summed E-state index contributed by atoms with van der Waals surface area (Å²) in [6, 6.07) is 6.71. The van der Waals surface area contributed by atoms with Gasteiger partial charge in [-0.15, -0.1) is 10.2 Å². The molecule has 5 nitrogen and oxygen atoms in total. The highest BCUT2D eigenvalue weighted by atomic mass is 19.2. The standard InChI is InChI=1S/C17H18F2N4O/c18-13-7-6-12(10-14(13)19)20-15-8-9-16(23-22-15)21-17(24)11-4-2-1-3-5-11/h6-11H,1-5H2,(H,20,22)(H,21,23,24). The van der Waals surface area contributed by atoms with Gasteiger partial charge in [0.25, 0.3) is 0 Å². The van der Waals surface area contributed by atoms with Crippen molar-refractivity contribution in [2.24, 2.45) is 5.92 Å². The summed E-state index contributed by atoms with van der Waals surface area (Å²) in [5.41, 5.74) is 0.363. The molecule has 1 saturated carbocycles. The van der Waals surface area contributed by atoms with Crippen LogP contribution in [0.5, 0.6) is 0 Å². The topological polar surface area (TPSA) is 66.9 Å². The second-order valence-electron chi connectivity index (χ2n) is 5.88. The van der Waals surface area contributed by atoms with Crippen molar-refractivity contribution < 1.29 is 13.6 Å². The van der Waals surface area contributed by atoms with Crippen LogP contribution in [-0.4, -0.2) is 16.1 Å². The van der Waals surface area contributed by atoms with Crippen molar-refractivity contribution in [2.45, 2.75) is 32.1 Å². The Morgan fingerprint density at radius 3 is 2.33 bits per heavy atom. The summed E-state index contributed by atoms with van der Waals surface area (Å²) < 4.78 is 26.1. The fraction of sp³-hybridized carbons (Fsp3) is 0.353. The van der Waals surface area contributed by atoms with E-state index < -0.39 is 11.6 Å². The molecular weight excluding hydrogens is 314 g/mol. The average Bonchev–Trinajstić information content (AvgIpc) is 2.61. The van der Waals surface area contributed by atoms with E-state index >= 15 is 0 Å². The lowest BCUT2D eigenvalue weighted by molar-refractivity contribution is -0.120. The molecule has 24 heavy (non-hydrogen) atoms. The molecule has 0 aliphatic heterocycles. The Bertz CT molecular complexity index is 715. The molecule has 1 aromatic carbocycles. The summed E-state index contributed by atoms with van der Waals surface area (Å²) in [7, 11) is 0. The number of hydrogen-bond acceptors (Lipinski definition) is 4. The number of aromatic nitrogens is 2. The molecule has 1 aliphatic carbocycles. The van der Waals surface area contributed by atoms with Crippen molar-refractivity contribution in [3.05, 3.63) is 42.0 Å². The summed E-state index contributed by atoms with van der Waals surface area (Å²) in [5, 5.41) is 13.5. The van der Waals surface area contributed by atoms with E-state index in [0.717, 1.165) is 37.8 Å². The molecular formula is C17H18F2N4O. The first-order valence-corrected chi connectivity index (χ1v) is 7.98. The molecule has 0 saturated heterocycles. The van der Waals surface area contributed by atoms with E-state index in [4.69, 9.17) is 0 Å². The zero-order valence-corrected chi connectivity index (χ0v) is 13.1. The lowest BCUT2D eigenvalue weighted by atomic mass is 9.89. The molecule has 0 bridgehead atoms. The number of benzene rings is 1. The van der Waals surface area contributed by atoms with Crippen molar-refractivity contribution in [3.63, 3.8) is 0 Å². The normalized spacial score (nSPS) is 15.1. The predicted octanol–water partition coefficient (Wildman–Crippen LogP) is 4.02. The largest absolute Gasteiger partial charge is 0.339 e. The van der Waals surface area contributed by atoms with Gasteiger partial charge in [0, 0.05) is 17.7 Å². The first kappa shape index (κ1) is 16.3. The minimum atomic E-state index is -0.940. The SMILES string of the molecule is O=C(Nc1ccc(Nc2ccc(F)c(F)c2)nn1)C1CCCCC1. The lowest BCUT2D eigenvalue weighted by Gasteiger charge is -2.20. The maximum absolute atomic E-state index is 13.2. The molecule has 1 aliphatic rings. The molecule has 0 radical (unpaired) electrons. The number of halogens is 2. The molecule has 1 aromatic heterocycles. The Hall–Kier alpha value is -2.57.